The summed E-state index contributed by atoms with van der Waals surface area (Å²) in [6.45, 7) is 5.86. The van der Waals surface area contributed by atoms with Crippen LogP contribution in [0.2, 0.25) is 0 Å². The van der Waals surface area contributed by atoms with Crippen molar-refractivity contribution in [3.05, 3.63) is 83.4 Å². The molecule has 0 bridgehead atoms. The Balaban J connectivity index is 1.82. The van der Waals surface area contributed by atoms with Crippen molar-refractivity contribution in [3.63, 3.8) is 0 Å². The summed E-state index contributed by atoms with van der Waals surface area (Å²) >= 11 is 0. The molecule has 1 aromatic heterocycles. The van der Waals surface area contributed by atoms with E-state index in [1.54, 1.807) is 43.3 Å². The van der Waals surface area contributed by atoms with Gasteiger partial charge < -0.3 is 4.42 Å². The first-order valence-corrected chi connectivity index (χ1v) is 11.5. The summed E-state index contributed by atoms with van der Waals surface area (Å²) in [6.07, 6.45) is 1.42. The second kappa shape index (κ2) is 9.72. The number of benzene rings is 3. The van der Waals surface area contributed by atoms with E-state index in [1.807, 2.05) is 0 Å². The number of fused-ring (bicyclic) bond motifs is 1. The van der Waals surface area contributed by atoms with Gasteiger partial charge in [0.25, 0.3) is 0 Å². The van der Waals surface area contributed by atoms with Crippen molar-refractivity contribution in [2.75, 3.05) is 0 Å². The molecule has 0 aliphatic rings. The van der Waals surface area contributed by atoms with E-state index in [2.05, 4.69) is 13.8 Å². The molecule has 0 unspecified atom stereocenters. The monoisotopic (exact) mass is 460 g/mol. The third kappa shape index (κ3) is 4.69. The Bertz CT molecular complexity index is 1360. The number of hydrogen-bond donors (Lipinski definition) is 0. The Morgan fingerprint density at radius 1 is 0.882 bits per heavy atom. The molecule has 0 atom stereocenters. The van der Waals surface area contributed by atoms with Crippen molar-refractivity contribution in [3.8, 4) is 22.5 Å². The van der Waals surface area contributed by atoms with E-state index in [0.29, 0.717) is 51.3 Å². The number of halogens is 2. The smallest absolute Gasteiger partial charge is 0.167 e. The van der Waals surface area contributed by atoms with Crippen molar-refractivity contribution in [2.45, 2.75) is 40.0 Å². The zero-order valence-corrected chi connectivity index (χ0v) is 19.5. The Hall–Kier alpha value is -3.60. The molecule has 34 heavy (non-hydrogen) atoms. The van der Waals surface area contributed by atoms with Gasteiger partial charge in [-0.15, -0.1) is 0 Å². The van der Waals surface area contributed by atoms with Crippen molar-refractivity contribution < 1.29 is 22.8 Å². The van der Waals surface area contributed by atoms with E-state index in [-0.39, 0.29) is 29.4 Å². The zero-order chi connectivity index (χ0) is 24.4. The second-order valence-electron chi connectivity index (χ2n) is 8.85. The number of hydrogen-bond acceptors (Lipinski definition) is 3. The fourth-order valence-corrected chi connectivity index (χ4v) is 4.01. The highest BCUT2D eigenvalue weighted by molar-refractivity contribution is 6.12. The molecular formula is C29H26F2O3. The number of carbonyl (C=O) groups is 2. The third-order valence-corrected chi connectivity index (χ3v) is 5.94. The van der Waals surface area contributed by atoms with E-state index < -0.39 is 5.82 Å². The summed E-state index contributed by atoms with van der Waals surface area (Å²) in [5.74, 6) is -0.239. The molecule has 1 heterocycles. The van der Waals surface area contributed by atoms with Gasteiger partial charge in [-0.1, -0.05) is 26.8 Å². The molecule has 0 spiro atoms. The molecule has 0 saturated heterocycles. The number of carbonyl (C=O) groups excluding carboxylic acids is 2. The highest BCUT2D eigenvalue weighted by atomic mass is 19.1. The van der Waals surface area contributed by atoms with Crippen LogP contribution < -0.4 is 0 Å². The lowest BCUT2D eigenvalue weighted by atomic mass is 9.95. The van der Waals surface area contributed by atoms with Crippen LogP contribution in [-0.2, 0) is 0 Å². The summed E-state index contributed by atoms with van der Waals surface area (Å²) in [6, 6.07) is 15.3. The molecule has 4 aromatic rings. The second-order valence-corrected chi connectivity index (χ2v) is 8.85. The molecule has 4 rings (SSSR count). The van der Waals surface area contributed by atoms with Crippen LogP contribution in [-0.4, -0.2) is 11.6 Å². The Kier molecular flexibility index (Phi) is 6.73. The predicted octanol–water partition coefficient (Wildman–Crippen LogP) is 8.26. The fraction of sp³-hybridized carbons (Fsp3) is 0.241. The molecule has 174 valence electrons. The molecule has 3 aromatic carbocycles. The number of furan rings is 1. The first-order valence-electron chi connectivity index (χ1n) is 11.5. The maximum atomic E-state index is 14.8. The Labute approximate surface area is 197 Å². The average Bonchev–Trinajstić information content (AvgIpc) is 3.21. The molecule has 0 saturated carbocycles. The van der Waals surface area contributed by atoms with Crippen LogP contribution in [0.3, 0.4) is 0 Å². The van der Waals surface area contributed by atoms with Crippen LogP contribution in [0.15, 0.2) is 65.1 Å². The van der Waals surface area contributed by atoms with Gasteiger partial charge in [0.15, 0.2) is 11.6 Å². The average molecular weight is 461 g/mol. The molecular weight excluding hydrogens is 434 g/mol. The Morgan fingerprint density at radius 3 is 2.26 bits per heavy atom. The van der Waals surface area contributed by atoms with Crippen LogP contribution in [0.1, 0.15) is 60.7 Å². The van der Waals surface area contributed by atoms with Gasteiger partial charge in [-0.2, -0.15) is 0 Å². The van der Waals surface area contributed by atoms with E-state index in [9.17, 15) is 18.4 Å². The number of rotatable bonds is 8. The van der Waals surface area contributed by atoms with Crippen molar-refractivity contribution in [1.82, 2.24) is 0 Å². The Morgan fingerprint density at radius 2 is 1.59 bits per heavy atom. The van der Waals surface area contributed by atoms with Crippen molar-refractivity contribution in [2.24, 2.45) is 5.92 Å². The van der Waals surface area contributed by atoms with Gasteiger partial charge in [0.2, 0.25) is 0 Å². The molecule has 0 aliphatic carbocycles. The van der Waals surface area contributed by atoms with E-state index >= 15 is 0 Å². The summed E-state index contributed by atoms with van der Waals surface area (Å²) in [5.41, 5.74) is 2.73. The molecule has 3 nitrogen and oxygen atoms in total. The SMILES string of the molecule is CCC(=O)c1c(-c2ccc(F)cc2)oc2ccc(-c3cc(C(=O)CCC(C)C)ccc3F)cc12. The quantitative estimate of drug-likeness (QED) is 0.249. The number of Topliss-reactive ketones (excluding diaryl/α,β-unsaturated/α-hetero) is 2. The van der Waals surface area contributed by atoms with E-state index in [4.69, 9.17) is 4.42 Å². The lowest BCUT2D eigenvalue weighted by Crippen LogP contribution is -2.02. The van der Waals surface area contributed by atoms with Crippen LogP contribution in [0.4, 0.5) is 8.78 Å². The van der Waals surface area contributed by atoms with Crippen LogP contribution in [0.5, 0.6) is 0 Å². The van der Waals surface area contributed by atoms with Crippen LogP contribution in [0.25, 0.3) is 33.4 Å². The fourth-order valence-electron chi connectivity index (χ4n) is 4.01. The molecule has 0 radical (unpaired) electrons. The van der Waals surface area contributed by atoms with Gasteiger partial charge in [-0.05, 0) is 72.5 Å². The summed E-state index contributed by atoms with van der Waals surface area (Å²) < 4.78 is 34.3. The largest absolute Gasteiger partial charge is 0.455 e. The molecule has 0 aliphatic heterocycles. The first kappa shape index (κ1) is 23.6. The number of ketones is 2. The van der Waals surface area contributed by atoms with Crippen molar-refractivity contribution >= 4 is 22.5 Å². The predicted molar refractivity (Wildman–Crippen MR) is 130 cm³/mol. The highest BCUT2D eigenvalue weighted by Gasteiger charge is 2.22. The van der Waals surface area contributed by atoms with E-state index in [1.165, 1.54) is 24.3 Å². The molecule has 0 amide bonds. The van der Waals surface area contributed by atoms with Gasteiger partial charge in [0.05, 0.1) is 5.56 Å². The molecule has 0 N–H and O–H groups in total. The topological polar surface area (TPSA) is 47.3 Å². The molecule has 0 fully saturated rings. The maximum Gasteiger partial charge on any atom is 0.167 e. The normalized spacial score (nSPS) is 11.4. The summed E-state index contributed by atoms with van der Waals surface area (Å²) in [4.78, 5) is 25.5. The zero-order valence-electron chi connectivity index (χ0n) is 19.5. The standard InChI is InChI=1S/C29H26F2O3/c1-4-25(32)28-23-15-19(9-14-27(23)34-29(28)18-6-10-21(30)11-7-18)22-16-20(8-12-24(22)31)26(33)13-5-17(2)3/h6-12,14-17H,4-5,13H2,1-3H3. The lowest BCUT2D eigenvalue weighted by molar-refractivity contribution is 0.0972. The maximum absolute atomic E-state index is 14.8. The van der Waals surface area contributed by atoms with Gasteiger partial charge in [-0.3, -0.25) is 9.59 Å². The van der Waals surface area contributed by atoms with Gasteiger partial charge in [0.1, 0.15) is 23.0 Å². The van der Waals surface area contributed by atoms with E-state index in [0.717, 1.165) is 6.42 Å². The minimum atomic E-state index is -0.453. The van der Waals surface area contributed by atoms with Gasteiger partial charge in [-0.25, -0.2) is 8.78 Å². The van der Waals surface area contributed by atoms with Crippen LogP contribution in [0, 0.1) is 17.6 Å². The minimum Gasteiger partial charge on any atom is -0.455 e. The third-order valence-electron chi connectivity index (χ3n) is 5.94. The first-order chi connectivity index (χ1) is 16.3. The van der Waals surface area contributed by atoms with Gasteiger partial charge in [0, 0.05) is 34.9 Å². The van der Waals surface area contributed by atoms with Crippen molar-refractivity contribution in [1.29, 1.82) is 0 Å². The minimum absolute atomic E-state index is 0.0280. The highest BCUT2D eigenvalue weighted by Crippen LogP contribution is 2.37. The van der Waals surface area contributed by atoms with Gasteiger partial charge >= 0.3 is 0 Å². The van der Waals surface area contributed by atoms with Crippen LogP contribution >= 0.6 is 0 Å². The summed E-state index contributed by atoms with van der Waals surface area (Å²) in [7, 11) is 0. The summed E-state index contributed by atoms with van der Waals surface area (Å²) in [5, 5.41) is 0.555. The molecule has 5 heteroatoms. The lowest BCUT2D eigenvalue weighted by Gasteiger charge is -2.08.